The molecule has 2 aromatic rings. The van der Waals surface area contributed by atoms with Crippen molar-refractivity contribution in [3.05, 3.63) is 58.6 Å². The van der Waals surface area contributed by atoms with E-state index < -0.39 is 50.7 Å². The van der Waals surface area contributed by atoms with Crippen molar-refractivity contribution in [1.29, 1.82) is 0 Å². The van der Waals surface area contributed by atoms with E-state index in [1.165, 1.54) is 0 Å². The van der Waals surface area contributed by atoms with E-state index >= 15 is 0 Å². The number of anilines is 1. The Morgan fingerprint density at radius 3 is 2.35 bits per heavy atom. The van der Waals surface area contributed by atoms with Gasteiger partial charge in [0.1, 0.15) is 22.2 Å². The van der Waals surface area contributed by atoms with Crippen molar-refractivity contribution in [2.24, 2.45) is 5.14 Å². The number of amides is 1. The SMILES string of the molecule is NS(=O)(=O)c1cc(C(=O)OCC(=O)Nc2c(F)cccc2F)ccc1Cl. The van der Waals surface area contributed by atoms with Crippen LogP contribution in [0.4, 0.5) is 14.5 Å². The number of para-hydroxylation sites is 1. The van der Waals surface area contributed by atoms with Crippen LogP contribution in [-0.4, -0.2) is 26.9 Å². The average Bonchev–Trinajstić information content (AvgIpc) is 2.55. The highest BCUT2D eigenvalue weighted by Gasteiger charge is 2.18. The van der Waals surface area contributed by atoms with Gasteiger partial charge in [-0.25, -0.2) is 27.1 Å². The molecule has 0 unspecified atom stereocenters. The van der Waals surface area contributed by atoms with Crippen LogP contribution in [0.1, 0.15) is 10.4 Å². The molecule has 2 aromatic carbocycles. The fraction of sp³-hybridized carbons (Fsp3) is 0.0667. The first kappa shape index (κ1) is 19.8. The van der Waals surface area contributed by atoms with E-state index in [-0.39, 0.29) is 10.6 Å². The minimum atomic E-state index is -4.17. The van der Waals surface area contributed by atoms with Crippen LogP contribution < -0.4 is 10.5 Å². The number of primary sulfonamides is 1. The molecule has 0 radical (unpaired) electrons. The second kappa shape index (κ2) is 7.77. The van der Waals surface area contributed by atoms with Gasteiger partial charge in [0.05, 0.1) is 10.6 Å². The zero-order valence-electron chi connectivity index (χ0n) is 12.8. The lowest BCUT2D eigenvalue weighted by molar-refractivity contribution is -0.119. The number of hydrogen-bond donors (Lipinski definition) is 2. The molecule has 0 aromatic heterocycles. The number of rotatable bonds is 5. The number of ether oxygens (including phenoxy) is 1. The highest BCUT2D eigenvalue weighted by atomic mass is 35.5. The average molecular weight is 405 g/mol. The summed E-state index contributed by atoms with van der Waals surface area (Å²) in [6, 6.07) is 6.15. The maximum absolute atomic E-state index is 13.4. The third kappa shape index (κ3) is 4.75. The molecule has 1 amide bonds. The summed E-state index contributed by atoms with van der Waals surface area (Å²) in [6.45, 7) is -0.861. The highest BCUT2D eigenvalue weighted by molar-refractivity contribution is 7.89. The van der Waals surface area contributed by atoms with Crippen LogP contribution in [0.25, 0.3) is 0 Å². The molecule has 138 valence electrons. The molecule has 0 saturated carbocycles. The van der Waals surface area contributed by atoms with Crippen molar-refractivity contribution < 1.29 is 31.5 Å². The van der Waals surface area contributed by atoms with Gasteiger partial charge in [-0.1, -0.05) is 17.7 Å². The summed E-state index contributed by atoms with van der Waals surface area (Å²) in [6.07, 6.45) is 0. The Kier molecular flexibility index (Phi) is 5.90. The summed E-state index contributed by atoms with van der Waals surface area (Å²) < 4.78 is 54.3. The first-order valence-electron chi connectivity index (χ1n) is 6.83. The lowest BCUT2D eigenvalue weighted by atomic mass is 10.2. The van der Waals surface area contributed by atoms with Gasteiger partial charge in [-0.15, -0.1) is 0 Å². The number of nitrogens with one attached hydrogen (secondary N) is 1. The maximum atomic E-state index is 13.4. The van der Waals surface area contributed by atoms with Gasteiger partial charge in [0.2, 0.25) is 10.0 Å². The number of halogens is 3. The quantitative estimate of drug-likeness (QED) is 0.740. The fourth-order valence-electron chi connectivity index (χ4n) is 1.86. The van der Waals surface area contributed by atoms with Gasteiger partial charge in [-0.05, 0) is 30.3 Å². The summed E-state index contributed by atoms with van der Waals surface area (Å²) in [5.74, 6) is -4.06. The molecule has 11 heteroatoms. The van der Waals surface area contributed by atoms with Crippen molar-refractivity contribution in [3.63, 3.8) is 0 Å². The lowest BCUT2D eigenvalue weighted by Gasteiger charge is -2.09. The molecular weight excluding hydrogens is 394 g/mol. The molecular formula is C15H11ClF2N2O5S. The fourth-order valence-corrected chi connectivity index (χ4v) is 2.93. The van der Waals surface area contributed by atoms with Crippen molar-refractivity contribution in [2.45, 2.75) is 4.90 Å². The molecule has 7 nitrogen and oxygen atoms in total. The topological polar surface area (TPSA) is 116 Å². The van der Waals surface area contributed by atoms with E-state index in [9.17, 15) is 26.8 Å². The molecule has 0 fully saturated rings. The Hall–Kier alpha value is -2.56. The van der Waals surface area contributed by atoms with E-state index in [0.29, 0.717) is 0 Å². The van der Waals surface area contributed by atoms with E-state index in [0.717, 1.165) is 36.4 Å². The second-order valence-corrected chi connectivity index (χ2v) is 6.85. The standard InChI is InChI=1S/C15H11ClF2N2O5S/c16-9-5-4-8(6-12(9)26(19,23)24)15(22)25-7-13(21)20-14-10(17)2-1-3-11(14)18/h1-6H,7H2,(H,20,21)(H2,19,23,24). The van der Waals surface area contributed by atoms with Gasteiger partial charge in [0, 0.05) is 0 Å². The second-order valence-electron chi connectivity index (χ2n) is 4.91. The molecule has 0 atom stereocenters. The summed E-state index contributed by atoms with van der Waals surface area (Å²) in [5.41, 5.74) is -0.917. The van der Waals surface area contributed by atoms with Crippen molar-refractivity contribution >= 4 is 39.2 Å². The smallest absolute Gasteiger partial charge is 0.338 e. The Balaban J connectivity index is 2.06. The molecule has 3 N–H and O–H groups in total. The Morgan fingerprint density at radius 2 is 1.77 bits per heavy atom. The molecule has 0 heterocycles. The molecule has 0 bridgehead atoms. The first-order valence-corrected chi connectivity index (χ1v) is 8.75. The van der Waals surface area contributed by atoms with Crippen LogP contribution in [-0.2, 0) is 19.6 Å². The monoisotopic (exact) mass is 404 g/mol. The predicted octanol–water partition coefficient (Wildman–Crippen LogP) is 2.06. The maximum Gasteiger partial charge on any atom is 0.338 e. The van der Waals surface area contributed by atoms with Gasteiger partial charge >= 0.3 is 5.97 Å². The summed E-state index contributed by atoms with van der Waals surface area (Å²) in [7, 11) is -4.17. The number of benzene rings is 2. The molecule has 26 heavy (non-hydrogen) atoms. The number of sulfonamides is 1. The number of carbonyl (C=O) groups is 2. The highest BCUT2D eigenvalue weighted by Crippen LogP contribution is 2.22. The van der Waals surface area contributed by atoms with Crippen LogP contribution in [0, 0.1) is 11.6 Å². The van der Waals surface area contributed by atoms with Gasteiger partial charge in [0.15, 0.2) is 6.61 Å². The van der Waals surface area contributed by atoms with Crippen LogP contribution in [0.3, 0.4) is 0 Å². The first-order chi connectivity index (χ1) is 12.1. The minimum Gasteiger partial charge on any atom is -0.452 e. The third-order valence-corrected chi connectivity index (χ3v) is 4.43. The summed E-state index contributed by atoms with van der Waals surface area (Å²) >= 11 is 5.69. The van der Waals surface area contributed by atoms with Gasteiger partial charge in [0.25, 0.3) is 5.91 Å². The van der Waals surface area contributed by atoms with Gasteiger partial charge < -0.3 is 10.1 Å². The van der Waals surface area contributed by atoms with E-state index in [1.54, 1.807) is 0 Å². The minimum absolute atomic E-state index is 0.197. The van der Waals surface area contributed by atoms with Crippen molar-refractivity contribution in [3.8, 4) is 0 Å². The zero-order valence-corrected chi connectivity index (χ0v) is 14.4. The molecule has 0 saturated heterocycles. The van der Waals surface area contributed by atoms with Crippen LogP contribution in [0.15, 0.2) is 41.3 Å². The summed E-state index contributed by atoms with van der Waals surface area (Å²) in [5, 5.41) is 6.69. The zero-order chi connectivity index (χ0) is 19.5. The molecule has 0 aliphatic carbocycles. The number of esters is 1. The predicted molar refractivity (Wildman–Crippen MR) is 88.1 cm³/mol. The molecule has 0 aliphatic rings. The largest absolute Gasteiger partial charge is 0.452 e. The van der Waals surface area contributed by atoms with Crippen molar-refractivity contribution in [1.82, 2.24) is 0 Å². The van der Waals surface area contributed by atoms with Crippen LogP contribution in [0.5, 0.6) is 0 Å². The molecule has 0 spiro atoms. The van der Waals surface area contributed by atoms with Crippen LogP contribution >= 0.6 is 11.6 Å². The number of nitrogens with two attached hydrogens (primary N) is 1. The lowest BCUT2D eigenvalue weighted by Crippen LogP contribution is -2.22. The van der Waals surface area contributed by atoms with Crippen LogP contribution in [0.2, 0.25) is 5.02 Å². The molecule has 2 rings (SSSR count). The van der Waals surface area contributed by atoms with Gasteiger partial charge in [-0.3, -0.25) is 4.79 Å². The van der Waals surface area contributed by atoms with Gasteiger partial charge in [-0.2, -0.15) is 0 Å². The van der Waals surface area contributed by atoms with E-state index in [4.69, 9.17) is 16.7 Å². The normalized spacial score (nSPS) is 11.1. The van der Waals surface area contributed by atoms with Crippen molar-refractivity contribution in [2.75, 3.05) is 11.9 Å². The molecule has 0 aliphatic heterocycles. The van der Waals surface area contributed by atoms with E-state index in [2.05, 4.69) is 4.74 Å². The Bertz CT molecular complexity index is 962. The Labute approximate surface area is 151 Å². The van der Waals surface area contributed by atoms with E-state index in [1.807, 2.05) is 5.32 Å². The third-order valence-electron chi connectivity index (χ3n) is 3.03. The summed E-state index contributed by atoms with van der Waals surface area (Å²) in [4.78, 5) is 23.1. The number of hydrogen-bond acceptors (Lipinski definition) is 5. The number of carbonyl (C=O) groups excluding carboxylic acids is 2. The Morgan fingerprint density at radius 1 is 1.15 bits per heavy atom.